The monoisotopic (exact) mass is 310 g/mol. The molecule has 0 aliphatic rings. The molecular weight excluding hydrogens is 292 g/mol. The molecule has 1 amide bonds. The minimum absolute atomic E-state index is 0.0850. The van der Waals surface area contributed by atoms with Crippen LogP contribution in [0.15, 0.2) is 42.9 Å². The molecule has 0 aliphatic carbocycles. The van der Waals surface area contributed by atoms with Crippen molar-refractivity contribution in [2.45, 2.75) is 20.0 Å². The van der Waals surface area contributed by atoms with Crippen LogP contribution < -0.4 is 0 Å². The molecule has 0 radical (unpaired) electrons. The van der Waals surface area contributed by atoms with Gasteiger partial charge in [-0.05, 0) is 12.5 Å². The number of nitrogens with one attached hydrogen (secondary N) is 1. The van der Waals surface area contributed by atoms with Crippen molar-refractivity contribution in [2.75, 3.05) is 7.05 Å². The Hall–Kier alpha value is -2.96. The summed E-state index contributed by atoms with van der Waals surface area (Å²) >= 11 is 0. The van der Waals surface area contributed by atoms with E-state index in [1.54, 1.807) is 18.1 Å². The van der Waals surface area contributed by atoms with Gasteiger partial charge >= 0.3 is 0 Å². The predicted octanol–water partition coefficient (Wildman–Crippen LogP) is 1.63. The molecule has 23 heavy (non-hydrogen) atoms. The molecule has 0 bridgehead atoms. The Morgan fingerprint density at radius 1 is 1.30 bits per heavy atom. The van der Waals surface area contributed by atoms with Gasteiger partial charge in [-0.1, -0.05) is 30.3 Å². The summed E-state index contributed by atoms with van der Waals surface area (Å²) in [7, 11) is 1.73. The van der Waals surface area contributed by atoms with Gasteiger partial charge < -0.3 is 4.90 Å². The van der Waals surface area contributed by atoms with Crippen molar-refractivity contribution in [3.63, 3.8) is 0 Å². The number of hydrogen-bond acceptors (Lipinski definition) is 4. The zero-order valence-corrected chi connectivity index (χ0v) is 13.1. The average Bonchev–Trinajstić information content (AvgIpc) is 3.19. The fourth-order valence-electron chi connectivity index (χ4n) is 2.38. The summed E-state index contributed by atoms with van der Waals surface area (Å²) in [4.78, 5) is 18.2. The summed E-state index contributed by atoms with van der Waals surface area (Å²) in [5, 5.41) is 10.9. The van der Waals surface area contributed by atoms with E-state index < -0.39 is 0 Å². The largest absolute Gasteiger partial charge is 0.334 e. The number of benzene rings is 1. The summed E-state index contributed by atoms with van der Waals surface area (Å²) in [5.41, 5.74) is 2.60. The first-order valence-electron chi connectivity index (χ1n) is 7.31. The highest BCUT2D eigenvalue weighted by Gasteiger charge is 2.19. The fraction of sp³-hybridized carbons (Fsp3) is 0.250. The average molecular weight is 310 g/mol. The lowest BCUT2D eigenvalue weighted by atomic mass is 10.2. The smallest absolute Gasteiger partial charge is 0.257 e. The molecule has 2 aromatic heterocycles. The van der Waals surface area contributed by atoms with Crippen molar-refractivity contribution in [3.05, 3.63) is 65.5 Å². The minimum Gasteiger partial charge on any atom is -0.334 e. The minimum atomic E-state index is -0.0850. The van der Waals surface area contributed by atoms with E-state index in [0.29, 0.717) is 24.5 Å². The summed E-state index contributed by atoms with van der Waals surface area (Å²) in [6.45, 7) is 2.93. The highest BCUT2D eigenvalue weighted by molar-refractivity contribution is 5.94. The van der Waals surface area contributed by atoms with Gasteiger partial charge in [0.25, 0.3) is 5.91 Å². The maximum Gasteiger partial charge on any atom is 0.257 e. The van der Waals surface area contributed by atoms with Gasteiger partial charge in [0.05, 0.1) is 24.8 Å². The first-order valence-corrected chi connectivity index (χ1v) is 7.31. The molecule has 7 heteroatoms. The van der Waals surface area contributed by atoms with Crippen LogP contribution in [0, 0.1) is 6.92 Å². The van der Waals surface area contributed by atoms with Gasteiger partial charge in [0.1, 0.15) is 12.2 Å². The number of H-pyrrole nitrogens is 1. The highest BCUT2D eigenvalue weighted by atomic mass is 16.2. The van der Waals surface area contributed by atoms with E-state index in [0.717, 1.165) is 11.3 Å². The second-order valence-electron chi connectivity index (χ2n) is 5.38. The Balaban J connectivity index is 1.74. The van der Waals surface area contributed by atoms with Gasteiger partial charge in [-0.3, -0.25) is 14.6 Å². The Labute approximate surface area is 134 Å². The van der Waals surface area contributed by atoms with Crippen LogP contribution in [-0.4, -0.2) is 42.8 Å². The molecule has 0 aliphatic heterocycles. The number of hydrogen-bond donors (Lipinski definition) is 1. The van der Waals surface area contributed by atoms with Crippen LogP contribution in [0.3, 0.4) is 0 Å². The molecule has 3 aromatic rings. The van der Waals surface area contributed by atoms with E-state index >= 15 is 0 Å². The molecule has 2 heterocycles. The van der Waals surface area contributed by atoms with E-state index in [9.17, 15) is 4.79 Å². The maximum absolute atomic E-state index is 12.6. The molecule has 0 fully saturated rings. The lowest BCUT2D eigenvalue weighted by molar-refractivity contribution is 0.0781. The van der Waals surface area contributed by atoms with Crippen LogP contribution in [0.4, 0.5) is 0 Å². The summed E-state index contributed by atoms with van der Waals surface area (Å²) < 4.78 is 1.84. The number of amides is 1. The van der Waals surface area contributed by atoms with Crippen LogP contribution in [0.25, 0.3) is 0 Å². The number of aromatic nitrogens is 5. The van der Waals surface area contributed by atoms with Crippen LogP contribution in [0.1, 0.15) is 27.4 Å². The number of rotatable bonds is 5. The molecule has 0 spiro atoms. The standard InChI is InChI=1S/C16H18N6O/c1-12-14(16(23)21(2)10-15-17-11-18-20-15)8-19-22(12)9-13-6-4-3-5-7-13/h3-8,11H,9-10H2,1-2H3,(H,17,18,20). The van der Waals surface area contributed by atoms with E-state index in [1.807, 2.05) is 41.9 Å². The van der Waals surface area contributed by atoms with Gasteiger partial charge in [-0.25, -0.2) is 4.98 Å². The summed E-state index contributed by atoms with van der Waals surface area (Å²) in [6, 6.07) is 10.0. The third kappa shape index (κ3) is 3.28. The Bertz CT molecular complexity index is 778. The third-order valence-corrected chi connectivity index (χ3v) is 3.71. The van der Waals surface area contributed by atoms with Crippen LogP contribution >= 0.6 is 0 Å². The van der Waals surface area contributed by atoms with Crippen molar-refractivity contribution in [2.24, 2.45) is 0 Å². The zero-order valence-electron chi connectivity index (χ0n) is 13.1. The topological polar surface area (TPSA) is 79.7 Å². The van der Waals surface area contributed by atoms with Gasteiger partial charge in [0, 0.05) is 12.7 Å². The van der Waals surface area contributed by atoms with Gasteiger partial charge in [0.15, 0.2) is 0 Å². The summed E-state index contributed by atoms with van der Waals surface area (Å²) in [5.74, 6) is 0.563. The first-order chi connectivity index (χ1) is 11.1. The number of carbonyl (C=O) groups excluding carboxylic acids is 1. The molecule has 7 nitrogen and oxygen atoms in total. The van der Waals surface area contributed by atoms with Gasteiger partial charge in [0.2, 0.25) is 0 Å². The molecule has 1 aromatic carbocycles. The molecule has 1 N–H and O–H groups in total. The second-order valence-corrected chi connectivity index (χ2v) is 5.38. The van der Waals surface area contributed by atoms with Crippen molar-refractivity contribution < 1.29 is 4.79 Å². The molecule has 0 saturated heterocycles. The van der Waals surface area contributed by atoms with Crippen molar-refractivity contribution in [1.82, 2.24) is 29.9 Å². The summed E-state index contributed by atoms with van der Waals surface area (Å²) in [6.07, 6.45) is 3.05. The van der Waals surface area contributed by atoms with E-state index in [1.165, 1.54) is 6.33 Å². The molecule has 3 rings (SSSR count). The van der Waals surface area contributed by atoms with Crippen LogP contribution in [0.2, 0.25) is 0 Å². The predicted molar refractivity (Wildman–Crippen MR) is 84.7 cm³/mol. The van der Waals surface area contributed by atoms with E-state index in [-0.39, 0.29) is 5.91 Å². The second kappa shape index (κ2) is 6.43. The number of carbonyl (C=O) groups is 1. The normalized spacial score (nSPS) is 10.7. The maximum atomic E-state index is 12.6. The quantitative estimate of drug-likeness (QED) is 0.777. The van der Waals surface area contributed by atoms with Crippen molar-refractivity contribution >= 4 is 5.91 Å². The zero-order chi connectivity index (χ0) is 16.2. The molecule has 0 atom stereocenters. The Morgan fingerprint density at radius 2 is 2.09 bits per heavy atom. The lowest BCUT2D eigenvalue weighted by Gasteiger charge is -2.15. The van der Waals surface area contributed by atoms with E-state index in [2.05, 4.69) is 20.3 Å². The third-order valence-electron chi connectivity index (χ3n) is 3.71. The van der Waals surface area contributed by atoms with Gasteiger partial charge in [-0.2, -0.15) is 10.2 Å². The van der Waals surface area contributed by atoms with Crippen LogP contribution in [-0.2, 0) is 13.1 Å². The molecule has 0 unspecified atom stereocenters. The van der Waals surface area contributed by atoms with Gasteiger partial charge in [-0.15, -0.1) is 0 Å². The highest BCUT2D eigenvalue weighted by Crippen LogP contribution is 2.13. The van der Waals surface area contributed by atoms with Crippen LogP contribution in [0.5, 0.6) is 0 Å². The van der Waals surface area contributed by atoms with E-state index in [4.69, 9.17) is 0 Å². The number of nitrogens with zero attached hydrogens (tertiary/aromatic N) is 5. The Kier molecular flexibility index (Phi) is 4.18. The molecule has 118 valence electrons. The SMILES string of the molecule is Cc1c(C(=O)N(C)Cc2ncn[nH]2)cnn1Cc1ccccc1. The van der Waals surface area contributed by atoms with Crippen molar-refractivity contribution in [1.29, 1.82) is 0 Å². The fourth-order valence-corrected chi connectivity index (χ4v) is 2.38. The van der Waals surface area contributed by atoms with Crippen molar-refractivity contribution in [3.8, 4) is 0 Å². The lowest BCUT2D eigenvalue weighted by Crippen LogP contribution is -2.27. The Morgan fingerprint density at radius 3 is 2.78 bits per heavy atom. The molecule has 0 saturated carbocycles. The number of aromatic amines is 1. The molecular formula is C16H18N6O. The first kappa shape index (κ1) is 15.0.